The van der Waals surface area contributed by atoms with Crippen molar-refractivity contribution < 1.29 is 15.0 Å². The molecule has 0 aliphatic heterocycles. The first kappa shape index (κ1) is 14.2. The Kier molecular flexibility index (Phi) is 3.56. The van der Waals surface area contributed by atoms with Crippen molar-refractivity contribution in [2.45, 2.75) is 0 Å². The number of hydrogen-bond donors (Lipinski definition) is 2. The van der Waals surface area contributed by atoms with Crippen molar-refractivity contribution >= 4 is 39.8 Å². The number of pyridine rings is 1. The monoisotopic (exact) mass is 313 g/mol. The first-order chi connectivity index (χ1) is 10.5. The van der Waals surface area contributed by atoms with Gasteiger partial charge < -0.3 is 15.5 Å². The summed E-state index contributed by atoms with van der Waals surface area (Å²) in [5, 5.41) is 24.8. The molecule has 5 nitrogen and oxygen atoms in total. The molecule has 1 aromatic heterocycles. The summed E-state index contributed by atoms with van der Waals surface area (Å²) in [5.41, 5.74) is 1.47. The number of aromatic carboxylic acids is 1. The van der Waals surface area contributed by atoms with Crippen LogP contribution in [0.2, 0.25) is 5.02 Å². The zero-order valence-electron chi connectivity index (χ0n) is 11.2. The van der Waals surface area contributed by atoms with E-state index in [0.717, 1.165) is 0 Å². The molecule has 3 aromatic rings. The normalized spacial score (nSPS) is 10.6. The van der Waals surface area contributed by atoms with Gasteiger partial charge in [-0.15, -0.1) is 5.75 Å². The first-order valence-corrected chi connectivity index (χ1v) is 6.78. The van der Waals surface area contributed by atoms with Crippen LogP contribution in [-0.4, -0.2) is 16.1 Å². The number of nitrogens with zero attached hydrogens (tertiary/aromatic N) is 1. The van der Waals surface area contributed by atoms with Crippen LogP contribution >= 0.6 is 11.6 Å². The molecule has 0 radical (unpaired) electrons. The van der Waals surface area contributed by atoms with Crippen molar-refractivity contribution in [2.75, 3.05) is 5.32 Å². The van der Waals surface area contributed by atoms with Crippen molar-refractivity contribution in [1.29, 1.82) is 0 Å². The lowest BCUT2D eigenvalue weighted by Gasteiger charge is -2.14. The molecular formula is C16H10ClN2O3-. The van der Waals surface area contributed by atoms with Crippen LogP contribution in [0.25, 0.3) is 10.9 Å². The average molecular weight is 314 g/mol. The molecule has 3 rings (SSSR count). The number of fused-ring (bicyclic) bond motifs is 1. The minimum atomic E-state index is -1.12. The van der Waals surface area contributed by atoms with E-state index in [1.165, 1.54) is 18.3 Å². The van der Waals surface area contributed by atoms with Crippen LogP contribution in [0.5, 0.6) is 5.75 Å². The topological polar surface area (TPSA) is 85.3 Å². The Hall–Kier alpha value is -2.79. The highest BCUT2D eigenvalue weighted by molar-refractivity contribution is 6.31. The Bertz CT molecular complexity index is 880. The van der Waals surface area contributed by atoms with E-state index in [9.17, 15) is 15.0 Å². The number of carboxylic acid groups (broad SMARTS) is 1. The summed E-state index contributed by atoms with van der Waals surface area (Å²) in [4.78, 5) is 15.6. The number of carboxylic acids is 1. The zero-order valence-corrected chi connectivity index (χ0v) is 12.0. The lowest BCUT2D eigenvalue weighted by Crippen LogP contribution is -2.05. The average Bonchev–Trinajstić information content (AvgIpc) is 2.47. The van der Waals surface area contributed by atoms with Gasteiger partial charge in [0.2, 0.25) is 0 Å². The molecule has 0 bridgehead atoms. The maximum Gasteiger partial charge on any atom is 0.339 e. The summed E-state index contributed by atoms with van der Waals surface area (Å²) < 4.78 is 0. The van der Waals surface area contributed by atoms with E-state index in [-0.39, 0.29) is 11.3 Å². The Morgan fingerprint density at radius 2 is 2.05 bits per heavy atom. The third-order valence-corrected chi connectivity index (χ3v) is 3.40. The molecule has 2 N–H and O–H groups in total. The van der Waals surface area contributed by atoms with Gasteiger partial charge in [-0.05, 0) is 30.3 Å². The van der Waals surface area contributed by atoms with Crippen LogP contribution in [0.1, 0.15) is 10.4 Å². The fourth-order valence-electron chi connectivity index (χ4n) is 2.18. The lowest BCUT2D eigenvalue weighted by atomic mass is 10.1. The predicted octanol–water partition coefficient (Wildman–Crippen LogP) is 3.40. The molecule has 0 aliphatic carbocycles. The highest BCUT2D eigenvalue weighted by atomic mass is 35.5. The van der Waals surface area contributed by atoms with Crippen molar-refractivity contribution in [3.63, 3.8) is 0 Å². The number of benzene rings is 2. The van der Waals surface area contributed by atoms with Gasteiger partial charge in [0.05, 0.1) is 11.2 Å². The molecular weight excluding hydrogens is 304 g/mol. The molecule has 0 atom stereocenters. The van der Waals surface area contributed by atoms with Crippen LogP contribution in [0.4, 0.5) is 11.4 Å². The minimum absolute atomic E-state index is 0.00562. The molecule has 1 heterocycles. The number of carbonyl (C=O) groups is 1. The van der Waals surface area contributed by atoms with Gasteiger partial charge >= 0.3 is 5.97 Å². The summed E-state index contributed by atoms with van der Waals surface area (Å²) in [6, 6.07) is 11.1. The largest absolute Gasteiger partial charge is 0.872 e. The number of nitrogens with one attached hydrogen (secondary N) is 1. The summed E-state index contributed by atoms with van der Waals surface area (Å²) >= 11 is 6.00. The summed E-state index contributed by atoms with van der Waals surface area (Å²) in [6.45, 7) is 0. The summed E-state index contributed by atoms with van der Waals surface area (Å²) in [7, 11) is 0. The van der Waals surface area contributed by atoms with Gasteiger partial charge in [0.1, 0.15) is 5.56 Å². The van der Waals surface area contributed by atoms with Gasteiger partial charge in [0, 0.05) is 22.3 Å². The SMILES string of the molecule is O=C(O)c1cnc2ccc(Cl)cc2c1Nc1cccc([O-])c1. The molecule has 0 saturated heterocycles. The molecule has 2 aromatic carbocycles. The van der Waals surface area contributed by atoms with Crippen molar-refractivity contribution in [2.24, 2.45) is 0 Å². The second-order valence-electron chi connectivity index (χ2n) is 4.67. The summed E-state index contributed by atoms with van der Waals surface area (Å²) in [6.07, 6.45) is 1.28. The number of aromatic nitrogens is 1. The number of hydrogen-bond acceptors (Lipinski definition) is 4. The zero-order chi connectivity index (χ0) is 15.7. The molecule has 0 unspecified atom stereocenters. The van der Waals surface area contributed by atoms with Crippen LogP contribution in [0.3, 0.4) is 0 Å². The first-order valence-electron chi connectivity index (χ1n) is 6.40. The second-order valence-corrected chi connectivity index (χ2v) is 5.10. The van der Waals surface area contributed by atoms with E-state index in [4.69, 9.17) is 11.6 Å². The van der Waals surface area contributed by atoms with Gasteiger partial charge in [-0.25, -0.2) is 4.79 Å². The van der Waals surface area contributed by atoms with Crippen LogP contribution in [0.15, 0.2) is 48.7 Å². The Morgan fingerprint density at radius 3 is 2.77 bits per heavy atom. The third kappa shape index (κ3) is 2.66. The standard InChI is InChI=1S/C16H11ClN2O3/c17-9-4-5-14-12(6-9)15(13(8-18-14)16(21)22)19-10-2-1-3-11(20)7-10/h1-8,20H,(H,18,19)(H,21,22)/p-1. The third-order valence-electron chi connectivity index (χ3n) is 3.16. The van der Waals surface area contributed by atoms with Gasteiger partial charge in [0.25, 0.3) is 0 Å². The Labute approximate surface area is 130 Å². The molecule has 22 heavy (non-hydrogen) atoms. The fourth-order valence-corrected chi connectivity index (χ4v) is 2.35. The number of halogens is 1. The van der Waals surface area contributed by atoms with Crippen LogP contribution in [0, 0.1) is 0 Å². The van der Waals surface area contributed by atoms with Crippen molar-refractivity contribution in [3.8, 4) is 5.75 Å². The van der Waals surface area contributed by atoms with E-state index in [1.54, 1.807) is 30.3 Å². The molecule has 110 valence electrons. The van der Waals surface area contributed by atoms with Gasteiger partial charge in [0.15, 0.2) is 0 Å². The molecule has 0 saturated carbocycles. The maximum atomic E-state index is 11.4. The van der Waals surface area contributed by atoms with Crippen molar-refractivity contribution in [3.05, 3.63) is 59.2 Å². The molecule has 6 heteroatoms. The number of rotatable bonds is 3. The number of anilines is 2. The maximum absolute atomic E-state index is 11.4. The van der Waals surface area contributed by atoms with E-state index in [1.807, 2.05) is 0 Å². The van der Waals surface area contributed by atoms with Gasteiger partial charge in [-0.2, -0.15) is 0 Å². The van der Waals surface area contributed by atoms with Gasteiger partial charge in [-0.1, -0.05) is 23.7 Å². The van der Waals surface area contributed by atoms with Crippen molar-refractivity contribution in [1.82, 2.24) is 4.98 Å². The lowest BCUT2D eigenvalue weighted by molar-refractivity contribution is -0.268. The molecule has 0 amide bonds. The molecule has 0 fully saturated rings. The smallest absolute Gasteiger partial charge is 0.339 e. The molecule has 0 aliphatic rings. The Balaban J connectivity index is 2.22. The minimum Gasteiger partial charge on any atom is -0.872 e. The summed E-state index contributed by atoms with van der Waals surface area (Å²) in [5.74, 6) is -1.28. The highest BCUT2D eigenvalue weighted by Gasteiger charge is 2.15. The quantitative estimate of drug-likeness (QED) is 0.774. The van der Waals surface area contributed by atoms with E-state index >= 15 is 0 Å². The molecule has 0 spiro atoms. The van der Waals surface area contributed by atoms with E-state index in [2.05, 4.69) is 10.3 Å². The second kappa shape index (κ2) is 5.54. The van der Waals surface area contributed by atoms with Crippen LogP contribution < -0.4 is 10.4 Å². The van der Waals surface area contributed by atoms with E-state index in [0.29, 0.717) is 27.3 Å². The highest BCUT2D eigenvalue weighted by Crippen LogP contribution is 2.31. The predicted molar refractivity (Wildman–Crippen MR) is 82.9 cm³/mol. The fraction of sp³-hybridized carbons (Fsp3) is 0. The van der Waals surface area contributed by atoms with Gasteiger partial charge in [-0.3, -0.25) is 4.98 Å². The van der Waals surface area contributed by atoms with Crippen LogP contribution in [-0.2, 0) is 0 Å². The van der Waals surface area contributed by atoms with E-state index < -0.39 is 5.97 Å². The Morgan fingerprint density at radius 1 is 1.23 bits per heavy atom.